The number of nitrogens with zero attached hydrogens (tertiary/aromatic N) is 3. The van der Waals surface area contributed by atoms with Gasteiger partial charge in [-0.2, -0.15) is 5.10 Å². The number of rotatable bonds is 5. The summed E-state index contributed by atoms with van der Waals surface area (Å²) in [5.74, 6) is 0.865. The Hall–Kier alpha value is -2.70. The summed E-state index contributed by atoms with van der Waals surface area (Å²) < 4.78 is 5.97. The molecule has 0 spiro atoms. The van der Waals surface area contributed by atoms with E-state index < -0.39 is 0 Å². The molecule has 0 unspecified atom stereocenters. The van der Waals surface area contributed by atoms with Crippen LogP contribution in [0.1, 0.15) is 17.4 Å². The molecule has 1 aromatic carbocycles. The van der Waals surface area contributed by atoms with Crippen molar-refractivity contribution in [2.24, 2.45) is 0 Å². The van der Waals surface area contributed by atoms with Crippen LogP contribution in [-0.4, -0.2) is 46.8 Å². The van der Waals surface area contributed by atoms with E-state index in [1.165, 1.54) is 5.56 Å². The third-order valence-electron chi connectivity index (χ3n) is 4.68. The second-order valence-electron chi connectivity index (χ2n) is 6.43. The number of H-pyrrole nitrogens is 1. The lowest BCUT2D eigenvalue weighted by Crippen LogP contribution is -2.38. The second kappa shape index (κ2) is 7.68. The van der Waals surface area contributed by atoms with Gasteiger partial charge in [0.15, 0.2) is 0 Å². The fourth-order valence-corrected chi connectivity index (χ4v) is 3.32. The van der Waals surface area contributed by atoms with Crippen molar-refractivity contribution in [1.82, 2.24) is 20.1 Å². The number of morpholine rings is 1. The zero-order chi connectivity index (χ0) is 17.8. The number of ether oxygens (including phenoxy) is 1. The van der Waals surface area contributed by atoms with Crippen LogP contribution in [0.2, 0.25) is 0 Å². The van der Waals surface area contributed by atoms with Crippen LogP contribution in [0.3, 0.4) is 0 Å². The molecule has 0 bridgehead atoms. The summed E-state index contributed by atoms with van der Waals surface area (Å²) in [6.45, 7) is 3.27. The highest BCUT2D eigenvalue weighted by Crippen LogP contribution is 2.26. The Bertz CT molecular complexity index is 848. The van der Waals surface area contributed by atoms with Crippen LogP contribution in [0, 0.1) is 0 Å². The van der Waals surface area contributed by atoms with Crippen LogP contribution >= 0.6 is 0 Å². The highest BCUT2D eigenvalue weighted by molar-refractivity contribution is 5.62. The number of pyridine rings is 1. The van der Waals surface area contributed by atoms with Gasteiger partial charge in [0.1, 0.15) is 11.9 Å². The number of aromatic nitrogens is 3. The molecule has 2 aromatic heterocycles. The molecular formula is C20H23N5O. The topological polar surface area (TPSA) is 66.1 Å². The van der Waals surface area contributed by atoms with Crippen molar-refractivity contribution in [1.29, 1.82) is 0 Å². The molecule has 1 aliphatic rings. The Balaban J connectivity index is 1.49. The van der Waals surface area contributed by atoms with Crippen LogP contribution < -0.4 is 5.32 Å². The van der Waals surface area contributed by atoms with Crippen molar-refractivity contribution in [2.45, 2.75) is 12.6 Å². The minimum absolute atomic E-state index is 0.0101. The van der Waals surface area contributed by atoms with Gasteiger partial charge in [0.2, 0.25) is 0 Å². The fourth-order valence-electron chi connectivity index (χ4n) is 3.32. The van der Waals surface area contributed by atoms with Gasteiger partial charge in [0.25, 0.3) is 0 Å². The van der Waals surface area contributed by atoms with Gasteiger partial charge < -0.3 is 10.1 Å². The van der Waals surface area contributed by atoms with E-state index in [0.29, 0.717) is 6.61 Å². The molecule has 134 valence electrons. The summed E-state index contributed by atoms with van der Waals surface area (Å²) in [4.78, 5) is 7.03. The number of hydrogen-bond acceptors (Lipinski definition) is 5. The first-order chi connectivity index (χ1) is 12.8. The summed E-state index contributed by atoms with van der Waals surface area (Å²) in [7, 11) is 1.88. The van der Waals surface area contributed by atoms with E-state index in [0.717, 1.165) is 42.4 Å². The molecule has 6 nitrogen and oxygen atoms in total. The molecule has 1 aliphatic heterocycles. The summed E-state index contributed by atoms with van der Waals surface area (Å²) in [6, 6.07) is 16.3. The summed E-state index contributed by atoms with van der Waals surface area (Å²) in [5, 5.41) is 10.5. The Morgan fingerprint density at radius 1 is 1.19 bits per heavy atom. The molecule has 0 saturated carbocycles. The van der Waals surface area contributed by atoms with Gasteiger partial charge in [-0.15, -0.1) is 0 Å². The first-order valence-corrected chi connectivity index (χ1v) is 8.90. The summed E-state index contributed by atoms with van der Waals surface area (Å²) in [6.07, 6.45) is 1.91. The van der Waals surface area contributed by atoms with E-state index in [1.54, 1.807) is 0 Å². The number of aromatic amines is 1. The summed E-state index contributed by atoms with van der Waals surface area (Å²) in [5.41, 5.74) is 4.42. The predicted octanol–water partition coefficient (Wildman–Crippen LogP) is 3.09. The van der Waals surface area contributed by atoms with E-state index in [-0.39, 0.29) is 6.10 Å². The highest BCUT2D eigenvalue weighted by Gasteiger charge is 2.24. The van der Waals surface area contributed by atoms with Crippen LogP contribution in [0.4, 0.5) is 5.82 Å². The molecule has 3 heterocycles. The van der Waals surface area contributed by atoms with E-state index in [2.05, 4.69) is 37.5 Å². The lowest BCUT2D eigenvalue weighted by Gasteiger charge is -2.32. The molecule has 0 aliphatic carbocycles. The van der Waals surface area contributed by atoms with Gasteiger partial charge in [-0.05, 0) is 17.7 Å². The third-order valence-corrected chi connectivity index (χ3v) is 4.68. The Morgan fingerprint density at radius 3 is 2.92 bits per heavy atom. The van der Waals surface area contributed by atoms with Gasteiger partial charge >= 0.3 is 0 Å². The van der Waals surface area contributed by atoms with Crippen molar-refractivity contribution in [2.75, 3.05) is 32.1 Å². The number of anilines is 1. The molecule has 0 radical (unpaired) electrons. The van der Waals surface area contributed by atoms with Crippen LogP contribution in [0.25, 0.3) is 11.3 Å². The molecular weight excluding hydrogens is 326 g/mol. The molecule has 26 heavy (non-hydrogen) atoms. The fraction of sp³-hybridized carbons (Fsp3) is 0.300. The van der Waals surface area contributed by atoms with E-state index >= 15 is 0 Å². The van der Waals surface area contributed by atoms with Gasteiger partial charge in [0, 0.05) is 32.2 Å². The zero-order valence-electron chi connectivity index (χ0n) is 14.9. The second-order valence-corrected chi connectivity index (χ2v) is 6.43. The van der Waals surface area contributed by atoms with E-state index in [4.69, 9.17) is 4.74 Å². The summed E-state index contributed by atoms with van der Waals surface area (Å²) >= 11 is 0. The maximum absolute atomic E-state index is 5.97. The first kappa shape index (κ1) is 16.8. The smallest absolute Gasteiger partial charge is 0.126 e. The Morgan fingerprint density at radius 2 is 2.08 bits per heavy atom. The van der Waals surface area contributed by atoms with Gasteiger partial charge in [-0.25, -0.2) is 4.98 Å². The Labute approximate surface area is 153 Å². The molecule has 6 heteroatoms. The molecule has 4 rings (SSSR count). The van der Waals surface area contributed by atoms with Crippen molar-refractivity contribution < 1.29 is 4.74 Å². The zero-order valence-corrected chi connectivity index (χ0v) is 14.9. The lowest BCUT2D eigenvalue weighted by molar-refractivity contribution is -0.0348. The van der Waals surface area contributed by atoms with Crippen LogP contribution in [0.5, 0.6) is 0 Å². The molecule has 2 N–H and O–H groups in total. The predicted molar refractivity (Wildman–Crippen MR) is 102 cm³/mol. The third kappa shape index (κ3) is 3.61. The SMILES string of the molecule is CNc1cccc([C@@H]2CN(Cc3cn[nH]c3-c3ccccc3)CCO2)n1. The number of benzene rings is 1. The molecule has 3 aromatic rings. The van der Waals surface area contributed by atoms with Crippen molar-refractivity contribution in [3.05, 3.63) is 66.0 Å². The largest absolute Gasteiger partial charge is 0.373 e. The minimum Gasteiger partial charge on any atom is -0.373 e. The van der Waals surface area contributed by atoms with Crippen molar-refractivity contribution in [3.63, 3.8) is 0 Å². The minimum atomic E-state index is -0.0101. The average molecular weight is 349 g/mol. The molecule has 1 atom stereocenters. The molecule has 1 fully saturated rings. The monoisotopic (exact) mass is 349 g/mol. The molecule has 0 amide bonds. The quantitative estimate of drug-likeness (QED) is 0.741. The Kier molecular flexibility index (Phi) is 4.95. The van der Waals surface area contributed by atoms with Gasteiger partial charge in [0.05, 0.1) is 24.2 Å². The number of nitrogens with one attached hydrogen (secondary N) is 2. The van der Waals surface area contributed by atoms with Crippen LogP contribution in [-0.2, 0) is 11.3 Å². The first-order valence-electron chi connectivity index (χ1n) is 8.90. The van der Waals surface area contributed by atoms with E-state index in [1.807, 2.05) is 49.6 Å². The standard InChI is InChI=1S/C20H23N5O/c1-21-19-9-5-8-17(23-19)18-14-25(10-11-26-18)13-16-12-22-24-20(16)15-6-3-2-4-7-15/h2-9,12,18H,10-11,13-14H2,1H3,(H,21,23)(H,22,24)/t18-/m0/s1. The normalized spacial score (nSPS) is 18.0. The van der Waals surface area contributed by atoms with Gasteiger partial charge in [-0.3, -0.25) is 10.00 Å². The van der Waals surface area contributed by atoms with Crippen molar-refractivity contribution in [3.8, 4) is 11.3 Å². The average Bonchev–Trinajstić information content (AvgIpc) is 3.17. The lowest BCUT2D eigenvalue weighted by atomic mass is 10.1. The van der Waals surface area contributed by atoms with Gasteiger partial charge in [-0.1, -0.05) is 36.4 Å². The highest BCUT2D eigenvalue weighted by atomic mass is 16.5. The van der Waals surface area contributed by atoms with Crippen molar-refractivity contribution >= 4 is 5.82 Å². The molecule has 1 saturated heterocycles. The number of hydrogen-bond donors (Lipinski definition) is 2. The van der Waals surface area contributed by atoms with E-state index in [9.17, 15) is 0 Å². The van der Waals surface area contributed by atoms with Crippen LogP contribution in [0.15, 0.2) is 54.7 Å². The maximum Gasteiger partial charge on any atom is 0.126 e. The maximum atomic E-state index is 5.97.